The average molecular weight is 317 g/mol. The molecule has 0 spiro atoms. The molecule has 5 nitrogen and oxygen atoms in total. The highest BCUT2D eigenvalue weighted by atomic mass is 32.1. The highest BCUT2D eigenvalue weighted by molar-refractivity contribution is 7.14. The van der Waals surface area contributed by atoms with Crippen molar-refractivity contribution in [3.05, 3.63) is 39.0 Å². The van der Waals surface area contributed by atoms with Gasteiger partial charge in [0, 0.05) is 42.3 Å². The van der Waals surface area contributed by atoms with Crippen LogP contribution >= 0.6 is 11.3 Å². The predicted octanol–water partition coefficient (Wildman–Crippen LogP) is 2.90. The molecule has 116 valence electrons. The lowest BCUT2D eigenvalue weighted by molar-refractivity contribution is 0.140. The molecular weight excluding hydrogens is 298 g/mol. The fourth-order valence-corrected chi connectivity index (χ4v) is 3.31. The molecule has 1 aliphatic carbocycles. The summed E-state index contributed by atoms with van der Waals surface area (Å²) in [7, 11) is 1.67. The van der Waals surface area contributed by atoms with E-state index in [9.17, 15) is 4.79 Å². The second-order valence-corrected chi connectivity index (χ2v) is 6.47. The van der Waals surface area contributed by atoms with E-state index in [4.69, 9.17) is 4.74 Å². The molecule has 0 aromatic carbocycles. The van der Waals surface area contributed by atoms with Gasteiger partial charge in [-0.1, -0.05) is 12.2 Å². The van der Waals surface area contributed by atoms with Crippen LogP contribution in [0.1, 0.15) is 25.1 Å². The van der Waals surface area contributed by atoms with Gasteiger partial charge in [0.15, 0.2) is 10.6 Å². The quantitative estimate of drug-likeness (QED) is 0.910. The Morgan fingerprint density at radius 2 is 2.32 bits per heavy atom. The zero-order chi connectivity index (χ0) is 15.7. The number of ether oxygens (including phenoxy) is 1. The molecule has 0 radical (unpaired) electrons. The predicted molar refractivity (Wildman–Crippen MR) is 90.5 cm³/mol. The molecular formula is C16H19N3O2S. The number of hydrogen-bond donors (Lipinski definition) is 2. The van der Waals surface area contributed by atoms with Gasteiger partial charge in [-0.05, 0) is 13.8 Å². The molecule has 1 aliphatic rings. The van der Waals surface area contributed by atoms with E-state index in [1.54, 1.807) is 13.2 Å². The van der Waals surface area contributed by atoms with Crippen LogP contribution in [-0.4, -0.2) is 29.2 Å². The fourth-order valence-electron chi connectivity index (χ4n) is 2.45. The zero-order valence-corrected chi connectivity index (χ0v) is 13.7. The molecule has 2 N–H and O–H groups in total. The summed E-state index contributed by atoms with van der Waals surface area (Å²) in [6.45, 7) is 4.14. The highest BCUT2D eigenvalue weighted by Crippen LogP contribution is 2.25. The number of hydrogen-bond acceptors (Lipinski definition) is 5. The van der Waals surface area contributed by atoms with Crippen molar-refractivity contribution >= 4 is 22.5 Å². The minimum absolute atomic E-state index is 0.00648. The van der Waals surface area contributed by atoms with Gasteiger partial charge < -0.3 is 15.0 Å². The largest absolute Gasteiger partial charge is 0.377 e. The third kappa shape index (κ3) is 2.98. The lowest BCUT2D eigenvalue weighted by atomic mass is 9.99. The number of methoxy groups -OCH3 is 1. The number of aromatic nitrogens is 2. The molecule has 0 fully saturated rings. The lowest BCUT2D eigenvalue weighted by Gasteiger charge is -2.18. The summed E-state index contributed by atoms with van der Waals surface area (Å²) < 4.78 is 5.35. The monoisotopic (exact) mass is 317 g/mol. The lowest BCUT2D eigenvalue weighted by Crippen LogP contribution is -2.21. The Morgan fingerprint density at radius 3 is 3.05 bits per heavy atom. The maximum absolute atomic E-state index is 12.3. The van der Waals surface area contributed by atoms with E-state index in [1.807, 2.05) is 17.5 Å². The molecule has 22 heavy (non-hydrogen) atoms. The summed E-state index contributed by atoms with van der Waals surface area (Å²) in [4.78, 5) is 20.2. The number of anilines is 1. The fraction of sp³-hybridized carbons (Fsp3) is 0.375. The summed E-state index contributed by atoms with van der Waals surface area (Å²) in [6.07, 6.45) is 4.44. The van der Waals surface area contributed by atoms with E-state index >= 15 is 0 Å². The minimum atomic E-state index is 0.00648. The van der Waals surface area contributed by atoms with E-state index in [0.717, 1.165) is 22.2 Å². The van der Waals surface area contributed by atoms with Crippen molar-refractivity contribution in [1.82, 2.24) is 9.97 Å². The van der Waals surface area contributed by atoms with E-state index in [0.29, 0.717) is 18.0 Å². The van der Waals surface area contributed by atoms with Crippen molar-refractivity contribution in [2.45, 2.75) is 32.4 Å². The summed E-state index contributed by atoms with van der Waals surface area (Å²) >= 11 is 1.54. The molecule has 3 rings (SSSR count). The summed E-state index contributed by atoms with van der Waals surface area (Å²) in [6, 6.07) is 1.94. The van der Waals surface area contributed by atoms with Gasteiger partial charge >= 0.3 is 0 Å². The Kier molecular flexibility index (Phi) is 4.13. The number of aromatic amines is 1. The molecule has 2 aromatic rings. The SMILES string of the molecule is COC1C=Cc2c([nH]c(-c3csc(NC(C)C)n3)cc2=O)C1. The van der Waals surface area contributed by atoms with E-state index < -0.39 is 0 Å². The van der Waals surface area contributed by atoms with Crippen molar-refractivity contribution < 1.29 is 4.74 Å². The molecule has 0 bridgehead atoms. The van der Waals surface area contributed by atoms with Crippen LogP contribution in [0.3, 0.4) is 0 Å². The van der Waals surface area contributed by atoms with Gasteiger partial charge in [-0.25, -0.2) is 4.98 Å². The molecule has 1 unspecified atom stereocenters. The van der Waals surface area contributed by atoms with Crippen molar-refractivity contribution in [2.75, 3.05) is 12.4 Å². The van der Waals surface area contributed by atoms with Crippen LogP contribution in [-0.2, 0) is 11.2 Å². The van der Waals surface area contributed by atoms with Gasteiger partial charge in [-0.3, -0.25) is 4.79 Å². The highest BCUT2D eigenvalue weighted by Gasteiger charge is 2.18. The standard InChI is InChI=1S/C16H19N3O2S/c1-9(2)17-16-19-14(8-22-16)13-7-15(20)11-5-4-10(21-3)6-12(11)18-13/h4-5,7-10H,6H2,1-3H3,(H,17,19)(H,18,20). The summed E-state index contributed by atoms with van der Waals surface area (Å²) in [5.41, 5.74) is 3.18. The first-order chi connectivity index (χ1) is 10.6. The first kappa shape index (κ1) is 15.0. The third-order valence-electron chi connectivity index (χ3n) is 3.53. The molecule has 2 aromatic heterocycles. The Balaban J connectivity index is 1.96. The van der Waals surface area contributed by atoms with Gasteiger partial charge in [0.05, 0.1) is 17.5 Å². The second kappa shape index (κ2) is 6.06. The molecule has 0 saturated carbocycles. The number of fused-ring (bicyclic) bond motifs is 1. The Bertz CT molecular complexity index is 761. The molecule has 0 amide bonds. The summed E-state index contributed by atoms with van der Waals surface area (Å²) in [5, 5.41) is 6.08. The number of nitrogens with one attached hydrogen (secondary N) is 2. The smallest absolute Gasteiger partial charge is 0.189 e. The minimum Gasteiger partial charge on any atom is -0.377 e. The maximum Gasteiger partial charge on any atom is 0.189 e. The Hall–Kier alpha value is -1.92. The third-order valence-corrected chi connectivity index (χ3v) is 4.30. The van der Waals surface area contributed by atoms with Crippen LogP contribution in [0.4, 0.5) is 5.13 Å². The van der Waals surface area contributed by atoms with Crippen LogP contribution in [0.15, 0.2) is 22.3 Å². The van der Waals surface area contributed by atoms with E-state index in [2.05, 4.69) is 29.1 Å². The maximum atomic E-state index is 12.3. The summed E-state index contributed by atoms with van der Waals surface area (Å²) in [5.74, 6) is 0. The number of H-pyrrole nitrogens is 1. The average Bonchev–Trinajstić information content (AvgIpc) is 2.94. The molecule has 0 aliphatic heterocycles. The van der Waals surface area contributed by atoms with Crippen molar-refractivity contribution in [2.24, 2.45) is 0 Å². The van der Waals surface area contributed by atoms with Gasteiger partial charge in [0.2, 0.25) is 0 Å². The van der Waals surface area contributed by atoms with Crippen LogP contribution in [0.5, 0.6) is 0 Å². The number of rotatable bonds is 4. The number of thiazole rings is 1. The molecule has 2 heterocycles. The van der Waals surface area contributed by atoms with E-state index in [1.165, 1.54) is 11.3 Å². The second-order valence-electron chi connectivity index (χ2n) is 5.61. The van der Waals surface area contributed by atoms with Crippen LogP contribution < -0.4 is 10.7 Å². The van der Waals surface area contributed by atoms with Gasteiger partial charge in [-0.2, -0.15) is 0 Å². The van der Waals surface area contributed by atoms with Gasteiger partial charge in [0.25, 0.3) is 0 Å². The van der Waals surface area contributed by atoms with E-state index in [-0.39, 0.29) is 11.5 Å². The van der Waals surface area contributed by atoms with Crippen molar-refractivity contribution in [3.8, 4) is 11.4 Å². The van der Waals surface area contributed by atoms with Crippen LogP contribution in [0.25, 0.3) is 17.5 Å². The Morgan fingerprint density at radius 1 is 1.50 bits per heavy atom. The Labute approximate surface area is 133 Å². The van der Waals surface area contributed by atoms with Crippen molar-refractivity contribution in [3.63, 3.8) is 0 Å². The molecule has 1 atom stereocenters. The topological polar surface area (TPSA) is 67.0 Å². The first-order valence-electron chi connectivity index (χ1n) is 7.26. The van der Waals surface area contributed by atoms with Gasteiger partial charge in [0.1, 0.15) is 0 Å². The van der Waals surface area contributed by atoms with Crippen LogP contribution in [0.2, 0.25) is 0 Å². The van der Waals surface area contributed by atoms with Crippen LogP contribution in [0, 0.1) is 0 Å². The van der Waals surface area contributed by atoms with Gasteiger partial charge in [-0.15, -0.1) is 11.3 Å². The number of pyridine rings is 1. The molecule has 6 heteroatoms. The molecule has 0 saturated heterocycles. The van der Waals surface area contributed by atoms with Crippen molar-refractivity contribution in [1.29, 1.82) is 0 Å². The number of nitrogens with zero attached hydrogens (tertiary/aromatic N) is 1. The first-order valence-corrected chi connectivity index (χ1v) is 8.14. The zero-order valence-electron chi connectivity index (χ0n) is 12.8. The normalized spacial score (nSPS) is 16.8.